The summed E-state index contributed by atoms with van der Waals surface area (Å²) in [5.74, 6) is 1.69. The van der Waals surface area contributed by atoms with Gasteiger partial charge in [0.05, 0.1) is 5.69 Å². The van der Waals surface area contributed by atoms with Gasteiger partial charge >= 0.3 is 0 Å². The molecule has 0 spiro atoms. The zero-order valence-corrected chi connectivity index (χ0v) is 16.3. The van der Waals surface area contributed by atoms with Gasteiger partial charge in [0.2, 0.25) is 0 Å². The lowest BCUT2D eigenvalue weighted by Gasteiger charge is -2.34. The van der Waals surface area contributed by atoms with E-state index in [2.05, 4.69) is 55.6 Å². The molecule has 2 aromatic heterocycles. The number of nitrogens with zero attached hydrogens (tertiary/aromatic N) is 4. The molecule has 1 aliphatic heterocycles. The lowest BCUT2D eigenvalue weighted by molar-refractivity contribution is 0.148. The zero-order chi connectivity index (χ0) is 17.3. The molecule has 0 aliphatic carbocycles. The van der Waals surface area contributed by atoms with Crippen molar-refractivity contribution in [2.45, 2.75) is 59.9 Å². The molecule has 0 unspecified atom stereocenters. The Morgan fingerprint density at radius 2 is 1.83 bits per heavy atom. The molecule has 130 valence electrons. The summed E-state index contributed by atoms with van der Waals surface area (Å²) in [6, 6.07) is 2.71. The Morgan fingerprint density at radius 3 is 2.42 bits per heavy atom. The largest absolute Gasteiger partial charge is 0.301 e. The van der Waals surface area contributed by atoms with Crippen molar-refractivity contribution in [1.29, 1.82) is 0 Å². The number of piperidine rings is 1. The van der Waals surface area contributed by atoms with Gasteiger partial charge in [0, 0.05) is 23.0 Å². The summed E-state index contributed by atoms with van der Waals surface area (Å²) in [4.78, 5) is 18.0. The smallest absolute Gasteiger partial charge is 0.142 e. The van der Waals surface area contributed by atoms with Crippen LogP contribution >= 0.6 is 11.3 Å². The van der Waals surface area contributed by atoms with Crippen LogP contribution in [0.15, 0.2) is 6.07 Å². The van der Waals surface area contributed by atoms with Crippen molar-refractivity contribution >= 4 is 11.3 Å². The predicted octanol–water partition coefficient (Wildman–Crippen LogP) is 4.19. The second-order valence-electron chi connectivity index (χ2n) is 7.25. The van der Waals surface area contributed by atoms with Crippen LogP contribution in [0.2, 0.25) is 0 Å². The van der Waals surface area contributed by atoms with Gasteiger partial charge in [-0.1, -0.05) is 0 Å². The lowest BCUT2D eigenvalue weighted by Crippen LogP contribution is -2.39. The van der Waals surface area contributed by atoms with Crippen LogP contribution in [0.25, 0.3) is 10.7 Å². The number of aryl methyl sites for hydroxylation is 3. The number of hydrogen-bond donors (Lipinski definition) is 0. The standard InChI is InChI=1S/C19H28N4S/c1-12(2)23-8-6-16(7-9-23)11-18-20-13(3)10-17(22-18)19-21-14(4)15(5)24-19/h10,12,16H,6-9,11H2,1-5H3. The minimum Gasteiger partial charge on any atom is -0.301 e. The first kappa shape index (κ1) is 17.5. The molecule has 0 saturated carbocycles. The maximum Gasteiger partial charge on any atom is 0.142 e. The van der Waals surface area contributed by atoms with Crippen LogP contribution in [0.5, 0.6) is 0 Å². The first-order valence-corrected chi connectivity index (χ1v) is 9.77. The van der Waals surface area contributed by atoms with Gasteiger partial charge in [-0.3, -0.25) is 0 Å². The fraction of sp³-hybridized carbons (Fsp3) is 0.632. The molecule has 0 atom stereocenters. The van der Waals surface area contributed by atoms with Gasteiger partial charge in [0.25, 0.3) is 0 Å². The molecule has 4 nitrogen and oxygen atoms in total. The molecule has 0 N–H and O–H groups in total. The van der Waals surface area contributed by atoms with Crippen LogP contribution in [0, 0.1) is 26.7 Å². The van der Waals surface area contributed by atoms with Crippen LogP contribution in [0.3, 0.4) is 0 Å². The van der Waals surface area contributed by atoms with Crippen molar-refractivity contribution in [2.75, 3.05) is 13.1 Å². The average Bonchev–Trinajstić information content (AvgIpc) is 2.87. The highest BCUT2D eigenvalue weighted by molar-refractivity contribution is 7.15. The van der Waals surface area contributed by atoms with Crippen molar-refractivity contribution in [1.82, 2.24) is 19.9 Å². The van der Waals surface area contributed by atoms with Gasteiger partial charge in [-0.05, 0) is 72.5 Å². The van der Waals surface area contributed by atoms with E-state index in [-0.39, 0.29) is 0 Å². The number of thiazole rings is 1. The van der Waals surface area contributed by atoms with E-state index in [1.54, 1.807) is 11.3 Å². The molecular formula is C19H28N4S. The third kappa shape index (κ3) is 4.01. The highest BCUT2D eigenvalue weighted by Crippen LogP contribution is 2.27. The normalized spacial score (nSPS) is 16.9. The van der Waals surface area contributed by atoms with Crippen molar-refractivity contribution < 1.29 is 0 Å². The van der Waals surface area contributed by atoms with Gasteiger partial charge in [0.15, 0.2) is 0 Å². The SMILES string of the molecule is Cc1cc(-c2nc(C)c(C)s2)nc(CC2CCN(C(C)C)CC2)n1. The van der Waals surface area contributed by atoms with Crippen molar-refractivity contribution in [3.8, 4) is 10.7 Å². The molecule has 1 fully saturated rings. The van der Waals surface area contributed by atoms with Crippen LogP contribution < -0.4 is 0 Å². The summed E-state index contributed by atoms with van der Waals surface area (Å²) < 4.78 is 0. The summed E-state index contributed by atoms with van der Waals surface area (Å²) in [5, 5.41) is 1.02. The Morgan fingerprint density at radius 1 is 1.12 bits per heavy atom. The quantitative estimate of drug-likeness (QED) is 0.834. The first-order chi connectivity index (χ1) is 11.4. The third-order valence-electron chi connectivity index (χ3n) is 5.00. The van der Waals surface area contributed by atoms with E-state index in [1.807, 2.05) is 0 Å². The van der Waals surface area contributed by atoms with E-state index in [0.29, 0.717) is 12.0 Å². The highest BCUT2D eigenvalue weighted by atomic mass is 32.1. The molecule has 3 heterocycles. The van der Waals surface area contributed by atoms with E-state index < -0.39 is 0 Å². The third-order valence-corrected chi connectivity index (χ3v) is 6.09. The summed E-state index contributed by atoms with van der Waals surface area (Å²) in [7, 11) is 0. The molecule has 24 heavy (non-hydrogen) atoms. The minimum atomic E-state index is 0.657. The Balaban J connectivity index is 1.73. The van der Waals surface area contributed by atoms with E-state index >= 15 is 0 Å². The van der Waals surface area contributed by atoms with E-state index in [1.165, 1.54) is 30.8 Å². The zero-order valence-electron chi connectivity index (χ0n) is 15.5. The monoisotopic (exact) mass is 344 g/mol. The van der Waals surface area contributed by atoms with Crippen LogP contribution in [-0.2, 0) is 6.42 Å². The Labute approximate surface area is 149 Å². The molecule has 0 bridgehead atoms. The number of hydrogen-bond acceptors (Lipinski definition) is 5. The molecular weight excluding hydrogens is 316 g/mol. The van der Waals surface area contributed by atoms with Crippen molar-refractivity contribution in [2.24, 2.45) is 5.92 Å². The van der Waals surface area contributed by atoms with Crippen LogP contribution in [-0.4, -0.2) is 39.0 Å². The molecule has 1 aliphatic rings. The van der Waals surface area contributed by atoms with Gasteiger partial charge in [0.1, 0.15) is 16.5 Å². The Hall–Kier alpha value is -1.33. The molecule has 2 aromatic rings. The number of aromatic nitrogens is 3. The lowest BCUT2D eigenvalue weighted by atomic mass is 9.92. The van der Waals surface area contributed by atoms with Crippen molar-refractivity contribution in [3.63, 3.8) is 0 Å². The van der Waals surface area contributed by atoms with Gasteiger partial charge in [-0.2, -0.15) is 0 Å². The Kier molecular flexibility index (Phi) is 5.30. The average molecular weight is 345 g/mol. The van der Waals surface area contributed by atoms with Crippen molar-refractivity contribution in [3.05, 3.63) is 28.2 Å². The summed E-state index contributed by atoms with van der Waals surface area (Å²) >= 11 is 1.73. The van der Waals surface area contributed by atoms with Gasteiger partial charge in [-0.15, -0.1) is 11.3 Å². The molecule has 0 amide bonds. The fourth-order valence-corrected chi connectivity index (χ4v) is 4.22. The molecule has 0 radical (unpaired) electrons. The molecule has 0 aromatic carbocycles. The fourth-order valence-electron chi connectivity index (χ4n) is 3.34. The van der Waals surface area contributed by atoms with E-state index in [4.69, 9.17) is 4.98 Å². The maximum absolute atomic E-state index is 4.83. The Bertz CT molecular complexity index is 680. The molecule has 3 rings (SSSR count). The topological polar surface area (TPSA) is 41.9 Å². The summed E-state index contributed by atoms with van der Waals surface area (Å²) in [6.45, 7) is 13.2. The second kappa shape index (κ2) is 7.28. The van der Waals surface area contributed by atoms with Crippen LogP contribution in [0.1, 0.15) is 48.8 Å². The van der Waals surface area contributed by atoms with Crippen LogP contribution in [0.4, 0.5) is 0 Å². The minimum absolute atomic E-state index is 0.657. The predicted molar refractivity (Wildman–Crippen MR) is 100 cm³/mol. The number of likely N-dealkylation sites (tertiary alicyclic amines) is 1. The van der Waals surface area contributed by atoms with Gasteiger partial charge < -0.3 is 4.90 Å². The van der Waals surface area contributed by atoms with Gasteiger partial charge in [-0.25, -0.2) is 15.0 Å². The summed E-state index contributed by atoms with van der Waals surface area (Å²) in [6.07, 6.45) is 3.49. The van der Waals surface area contributed by atoms with E-state index in [9.17, 15) is 0 Å². The molecule has 5 heteroatoms. The highest BCUT2D eigenvalue weighted by Gasteiger charge is 2.22. The maximum atomic E-state index is 4.83. The molecule has 1 saturated heterocycles. The second-order valence-corrected chi connectivity index (χ2v) is 8.45. The summed E-state index contributed by atoms with van der Waals surface area (Å²) in [5.41, 5.74) is 3.13. The van der Waals surface area contributed by atoms with E-state index in [0.717, 1.165) is 34.3 Å². The number of rotatable bonds is 4. The first-order valence-electron chi connectivity index (χ1n) is 8.95.